The van der Waals surface area contributed by atoms with E-state index in [4.69, 9.17) is 0 Å². The van der Waals surface area contributed by atoms with Gasteiger partial charge in [0.25, 0.3) is 0 Å². The molecule has 592 valence electrons. The van der Waals surface area contributed by atoms with E-state index in [9.17, 15) is 0 Å². The smallest absolute Gasteiger partial charge is 0.0451 e. The van der Waals surface area contributed by atoms with Crippen molar-refractivity contribution in [3.05, 3.63) is 440 Å². The molecular formula is C115H122N2. The molecule has 0 aliphatic rings. The van der Waals surface area contributed by atoms with Crippen molar-refractivity contribution < 1.29 is 0 Å². The number of hydrogen-bond donors (Lipinski definition) is 0. The maximum atomic E-state index is 2.45. The molecule has 0 spiro atoms. The van der Waals surface area contributed by atoms with E-state index < -0.39 is 5.41 Å². The molecule has 14 aromatic carbocycles. The molecule has 0 aliphatic heterocycles. The van der Waals surface area contributed by atoms with Crippen molar-refractivity contribution in [2.24, 2.45) is 0 Å². The molecule has 0 radical (unpaired) electrons. The predicted octanol–water partition coefficient (Wildman–Crippen LogP) is 30.9. The van der Waals surface area contributed by atoms with Crippen LogP contribution in [0.2, 0.25) is 0 Å². The molecule has 2 heteroatoms. The lowest BCUT2D eigenvalue weighted by atomic mass is 9.65. The van der Waals surface area contributed by atoms with E-state index in [1.54, 1.807) is 0 Å². The van der Waals surface area contributed by atoms with Crippen molar-refractivity contribution >= 4 is 22.7 Å². The molecule has 0 atom stereocenters. The van der Waals surface area contributed by atoms with Gasteiger partial charge in [-0.15, -0.1) is 0 Å². The molecule has 0 N–H and O–H groups in total. The second-order valence-electron chi connectivity index (χ2n) is 37.2. The molecule has 0 bridgehead atoms. The minimum atomic E-state index is -0.448. The van der Waals surface area contributed by atoms with Crippen LogP contribution >= 0.6 is 0 Å². The van der Waals surface area contributed by atoms with Gasteiger partial charge in [0.1, 0.15) is 0 Å². The molecule has 14 rings (SSSR count). The van der Waals surface area contributed by atoms with Gasteiger partial charge in [0, 0.05) is 74.7 Å². The number of anilines is 4. The highest BCUT2D eigenvalue weighted by Gasteiger charge is 2.39. The molecule has 0 unspecified atom stereocenters. The van der Waals surface area contributed by atoms with Crippen LogP contribution in [0.15, 0.2) is 340 Å². The number of hydrogen-bond acceptors (Lipinski definition) is 2. The van der Waals surface area contributed by atoms with Crippen molar-refractivity contribution in [2.75, 3.05) is 23.9 Å². The third-order valence-electron chi connectivity index (χ3n) is 27.2. The summed E-state index contributed by atoms with van der Waals surface area (Å²) in [5, 5.41) is 0. The standard InChI is InChI=1S/C115H122N2/c1-21-78-115(102-64-58-99(59-65-102)112(13,14)96-52-46-93(47-53-96)109(7,8)90-40-26-85(27-41-90)84-24-22-81(6)23-25-84,103-66-60-100(61-67-103)113(15,16)97-54-48-94(49-55-97)110(9,10)91-42-28-86(29-43-91)88-36-74-107(75-37-88)116(19)105-70-32-82(33-71-105)79(2)3)104-68-62-101(63-69-104)114(17,18)98-56-50-95(51-57-98)111(11,12)92-44-30-87(31-45-92)89-38-76-108(77-39-89)117(20)106-72-34-83(35-73-106)80(4)5/h22-77,79-80H,21,78H2,1-20H3. The summed E-state index contributed by atoms with van der Waals surface area (Å²) in [6, 6.07) is 130. The van der Waals surface area contributed by atoms with Gasteiger partial charge in [-0.2, -0.15) is 0 Å². The van der Waals surface area contributed by atoms with Gasteiger partial charge >= 0.3 is 0 Å². The molecule has 0 aliphatic carbocycles. The molecule has 0 saturated carbocycles. The van der Waals surface area contributed by atoms with E-state index in [2.05, 4.69) is 488 Å². The Labute approximate surface area is 702 Å². The average molecular weight is 1530 g/mol. The van der Waals surface area contributed by atoms with Crippen molar-refractivity contribution in [1.82, 2.24) is 0 Å². The van der Waals surface area contributed by atoms with Crippen LogP contribution in [0, 0.1) is 6.92 Å². The Hall–Kier alpha value is -11.3. The van der Waals surface area contributed by atoms with Crippen LogP contribution in [-0.4, -0.2) is 14.1 Å². The van der Waals surface area contributed by atoms with Crippen molar-refractivity contribution in [2.45, 2.75) is 187 Å². The van der Waals surface area contributed by atoms with Gasteiger partial charge in [0.15, 0.2) is 0 Å². The molecule has 14 aromatic rings. The van der Waals surface area contributed by atoms with Crippen LogP contribution in [0.4, 0.5) is 22.7 Å². The Balaban J connectivity index is 0.718. The van der Waals surface area contributed by atoms with Gasteiger partial charge < -0.3 is 9.80 Å². The number of aryl methyl sites for hydroxylation is 1. The van der Waals surface area contributed by atoms with Crippen LogP contribution in [0.3, 0.4) is 0 Å². The Kier molecular flexibility index (Phi) is 23.2. The van der Waals surface area contributed by atoms with Gasteiger partial charge in [-0.05, 0) is 202 Å². The largest absolute Gasteiger partial charge is 0.345 e. The lowest BCUT2D eigenvalue weighted by Crippen LogP contribution is -2.30. The van der Waals surface area contributed by atoms with Crippen molar-refractivity contribution in [3.8, 4) is 33.4 Å². The Morgan fingerprint density at radius 1 is 0.205 bits per heavy atom. The normalized spacial score (nSPS) is 12.5. The number of rotatable bonds is 26. The van der Waals surface area contributed by atoms with Crippen LogP contribution in [0.1, 0.15) is 243 Å². The Bertz CT molecular complexity index is 5390. The van der Waals surface area contributed by atoms with E-state index in [1.165, 1.54) is 156 Å². The highest BCUT2D eigenvalue weighted by molar-refractivity contribution is 5.73. The molecule has 0 aromatic heterocycles. The second-order valence-corrected chi connectivity index (χ2v) is 37.2. The zero-order valence-corrected chi connectivity index (χ0v) is 73.3. The molecule has 0 fully saturated rings. The summed E-state index contributed by atoms with van der Waals surface area (Å²) in [5.41, 5.74) is 33.6. The van der Waals surface area contributed by atoms with Crippen LogP contribution in [0.25, 0.3) is 33.4 Å². The van der Waals surface area contributed by atoms with E-state index in [-0.39, 0.29) is 32.5 Å². The fourth-order valence-corrected chi connectivity index (χ4v) is 17.9. The number of nitrogens with zero attached hydrogens (tertiary/aromatic N) is 2. The first-order chi connectivity index (χ1) is 55.8. The minimum Gasteiger partial charge on any atom is -0.345 e. The van der Waals surface area contributed by atoms with Crippen LogP contribution in [0.5, 0.6) is 0 Å². The summed E-state index contributed by atoms with van der Waals surface area (Å²) in [7, 11) is 4.29. The summed E-state index contributed by atoms with van der Waals surface area (Å²) in [6.45, 7) is 41.9. The van der Waals surface area contributed by atoms with E-state index in [1.807, 2.05) is 0 Å². The van der Waals surface area contributed by atoms with E-state index in [0.717, 1.165) is 12.8 Å². The molecule has 117 heavy (non-hydrogen) atoms. The molecular weight excluding hydrogens is 1410 g/mol. The number of benzene rings is 14. The fourth-order valence-electron chi connectivity index (χ4n) is 17.9. The topological polar surface area (TPSA) is 6.48 Å². The summed E-state index contributed by atoms with van der Waals surface area (Å²) < 4.78 is 0. The van der Waals surface area contributed by atoms with Gasteiger partial charge in [-0.25, -0.2) is 0 Å². The first kappa shape index (κ1) is 82.2. The highest BCUT2D eigenvalue weighted by Crippen LogP contribution is 2.48. The molecule has 0 amide bonds. The second kappa shape index (κ2) is 33.0. The lowest BCUT2D eigenvalue weighted by Gasteiger charge is -2.38. The molecule has 0 saturated heterocycles. The summed E-state index contributed by atoms with van der Waals surface area (Å²) in [4.78, 5) is 4.52. The zero-order chi connectivity index (χ0) is 83.0. The Morgan fingerprint density at radius 3 is 0.521 bits per heavy atom. The third-order valence-corrected chi connectivity index (χ3v) is 27.2. The van der Waals surface area contributed by atoms with Crippen LogP contribution in [-0.2, 0) is 37.9 Å². The maximum Gasteiger partial charge on any atom is 0.0451 e. The zero-order valence-electron chi connectivity index (χ0n) is 73.3. The van der Waals surface area contributed by atoms with Gasteiger partial charge in [-0.3, -0.25) is 0 Å². The fraction of sp³-hybridized carbons (Fsp3) is 0.270. The average Bonchev–Trinajstić information content (AvgIpc) is 0.741. The highest BCUT2D eigenvalue weighted by atomic mass is 15.1. The van der Waals surface area contributed by atoms with E-state index >= 15 is 0 Å². The van der Waals surface area contributed by atoms with Crippen molar-refractivity contribution in [3.63, 3.8) is 0 Å². The van der Waals surface area contributed by atoms with Crippen molar-refractivity contribution in [1.29, 1.82) is 0 Å². The van der Waals surface area contributed by atoms with Crippen LogP contribution < -0.4 is 9.80 Å². The lowest BCUT2D eigenvalue weighted by molar-refractivity contribution is 0.546. The third kappa shape index (κ3) is 16.5. The monoisotopic (exact) mass is 1530 g/mol. The minimum absolute atomic E-state index is 0.177. The predicted molar refractivity (Wildman–Crippen MR) is 504 cm³/mol. The quantitative estimate of drug-likeness (QED) is 0.0499. The summed E-state index contributed by atoms with van der Waals surface area (Å²) in [5.74, 6) is 1.03. The maximum absolute atomic E-state index is 2.45. The summed E-state index contributed by atoms with van der Waals surface area (Å²) in [6.07, 6.45) is 1.93. The van der Waals surface area contributed by atoms with E-state index in [0.29, 0.717) is 11.8 Å². The molecule has 0 heterocycles. The first-order valence-corrected chi connectivity index (χ1v) is 42.7. The first-order valence-electron chi connectivity index (χ1n) is 42.7. The van der Waals surface area contributed by atoms with Gasteiger partial charge in [-0.1, -0.05) is 421 Å². The summed E-state index contributed by atoms with van der Waals surface area (Å²) >= 11 is 0. The Morgan fingerprint density at radius 2 is 0.350 bits per heavy atom. The SMILES string of the molecule is CCCC(c1ccc(C(C)(C)c2ccc(C(C)(C)c3ccc(-c4ccc(C)cc4)cc3)cc2)cc1)(c1ccc(C(C)(C)c2ccc(C(C)(C)c3ccc(-c4ccc(N(C)c5ccc(C(C)C)cc5)cc4)cc3)cc2)cc1)c1ccc(C(C)(C)c2ccc(C(C)(C)c3ccc(-c4ccc(N(C)c5ccc(C(C)C)cc5)cc4)cc3)cc2)cc1. The van der Waals surface area contributed by atoms with Gasteiger partial charge in [0.05, 0.1) is 0 Å². The van der Waals surface area contributed by atoms with Gasteiger partial charge in [0.2, 0.25) is 0 Å². The molecule has 2 nitrogen and oxygen atoms in total.